The molecule has 0 aromatic rings. The van der Waals surface area contributed by atoms with Crippen molar-refractivity contribution in [3.63, 3.8) is 0 Å². The standard InChI is InChI=1S/C14H29NO/c1-4-5-8-14-13(7-6-9-16-14)11-15-10-12(2)3/h12-15H,4-11H2,1-3H3. The zero-order valence-corrected chi connectivity index (χ0v) is 11.3. The lowest BCUT2D eigenvalue weighted by Crippen LogP contribution is -2.37. The van der Waals surface area contributed by atoms with Gasteiger partial charge < -0.3 is 10.1 Å². The van der Waals surface area contributed by atoms with Crippen LogP contribution in [0.3, 0.4) is 0 Å². The average molecular weight is 227 g/mol. The molecule has 0 aliphatic carbocycles. The molecule has 2 heteroatoms. The van der Waals surface area contributed by atoms with Crippen molar-refractivity contribution in [2.24, 2.45) is 11.8 Å². The topological polar surface area (TPSA) is 21.3 Å². The maximum Gasteiger partial charge on any atom is 0.0615 e. The van der Waals surface area contributed by atoms with Gasteiger partial charge in [0.25, 0.3) is 0 Å². The van der Waals surface area contributed by atoms with Crippen molar-refractivity contribution < 1.29 is 4.74 Å². The Morgan fingerprint density at radius 1 is 1.38 bits per heavy atom. The van der Waals surface area contributed by atoms with E-state index in [-0.39, 0.29) is 0 Å². The minimum absolute atomic E-state index is 0.522. The van der Waals surface area contributed by atoms with E-state index < -0.39 is 0 Å². The number of rotatable bonds is 7. The molecule has 1 saturated heterocycles. The van der Waals surface area contributed by atoms with E-state index in [4.69, 9.17) is 4.74 Å². The van der Waals surface area contributed by atoms with E-state index in [0.717, 1.165) is 31.5 Å². The molecule has 0 amide bonds. The van der Waals surface area contributed by atoms with Crippen LogP contribution in [0.15, 0.2) is 0 Å². The Morgan fingerprint density at radius 3 is 2.88 bits per heavy atom. The van der Waals surface area contributed by atoms with Crippen LogP contribution in [0.4, 0.5) is 0 Å². The predicted octanol–water partition coefficient (Wildman–Crippen LogP) is 3.22. The van der Waals surface area contributed by atoms with Crippen LogP contribution in [-0.2, 0) is 4.74 Å². The molecular formula is C14H29NO. The van der Waals surface area contributed by atoms with Gasteiger partial charge >= 0.3 is 0 Å². The first-order valence-corrected chi connectivity index (χ1v) is 7.06. The van der Waals surface area contributed by atoms with Crippen molar-refractivity contribution in [1.29, 1.82) is 0 Å². The van der Waals surface area contributed by atoms with Crippen LogP contribution >= 0.6 is 0 Å². The van der Waals surface area contributed by atoms with Gasteiger partial charge in [-0.25, -0.2) is 0 Å². The lowest BCUT2D eigenvalue weighted by atomic mass is 9.91. The molecule has 1 rings (SSSR count). The fraction of sp³-hybridized carbons (Fsp3) is 1.00. The summed E-state index contributed by atoms with van der Waals surface area (Å²) in [6.45, 7) is 10.0. The van der Waals surface area contributed by atoms with E-state index in [1.165, 1.54) is 32.1 Å². The van der Waals surface area contributed by atoms with E-state index >= 15 is 0 Å². The SMILES string of the molecule is CCCCC1OCCCC1CNCC(C)C. The number of hydrogen-bond acceptors (Lipinski definition) is 2. The van der Waals surface area contributed by atoms with Crippen LogP contribution in [0.2, 0.25) is 0 Å². The molecule has 0 radical (unpaired) electrons. The molecule has 2 atom stereocenters. The number of hydrogen-bond donors (Lipinski definition) is 1. The minimum Gasteiger partial charge on any atom is -0.378 e. The molecule has 2 unspecified atom stereocenters. The molecule has 16 heavy (non-hydrogen) atoms. The summed E-state index contributed by atoms with van der Waals surface area (Å²) in [5.74, 6) is 1.50. The van der Waals surface area contributed by atoms with Gasteiger partial charge in [0.15, 0.2) is 0 Å². The quantitative estimate of drug-likeness (QED) is 0.721. The van der Waals surface area contributed by atoms with E-state index in [9.17, 15) is 0 Å². The maximum absolute atomic E-state index is 5.91. The molecule has 1 heterocycles. The summed E-state index contributed by atoms with van der Waals surface area (Å²) in [6, 6.07) is 0. The molecule has 1 aliphatic rings. The van der Waals surface area contributed by atoms with Crippen LogP contribution in [0.25, 0.3) is 0 Å². The third-order valence-corrected chi connectivity index (χ3v) is 3.38. The normalized spacial score (nSPS) is 26.2. The lowest BCUT2D eigenvalue weighted by molar-refractivity contribution is -0.0312. The van der Waals surface area contributed by atoms with Crippen LogP contribution in [0.1, 0.15) is 52.9 Å². The molecule has 0 saturated carbocycles. The Labute approximate surface area is 101 Å². The van der Waals surface area contributed by atoms with Gasteiger partial charge in [-0.15, -0.1) is 0 Å². The van der Waals surface area contributed by atoms with Crippen LogP contribution in [0.5, 0.6) is 0 Å². The molecule has 1 fully saturated rings. The summed E-state index contributed by atoms with van der Waals surface area (Å²) < 4.78 is 5.91. The Kier molecular flexibility index (Phi) is 7.06. The van der Waals surface area contributed by atoms with E-state index in [2.05, 4.69) is 26.1 Å². The van der Waals surface area contributed by atoms with Gasteiger partial charge in [0.2, 0.25) is 0 Å². The minimum atomic E-state index is 0.522. The van der Waals surface area contributed by atoms with E-state index in [0.29, 0.717) is 6.10 Å². The highest BCUT2D eigenvalue weighted by Gasteiger charge is 2.24. The van der Waals surface area contributed by atoms with Gasteiger partial charge in [-0.05, 0) is 37.6 Å². The fourth-order valence-electron chi connectivity index (χ4n) is 2.42. The highest BCUT2D eigenvalue weighted by Crippen LogP contribution is 2.24. The van der Waals surface area contributed by atoms with Gasteiger partial charge in [-0.3, -0.25) is 0 Å². The van der Waals surface area contributed by atoms with Gasteiger partial charge in [0.05, 0.1) is 6.10 Å². The second-order valence-electron chi connectivity index (χ2n) is 5.51. The van der Waals surface area contributed by atoms with Crippen molar-refractivity contribution in [2.75, 3.05) is 19.7 Å². The van der Waals surface area contributed by atoms with Gasteiger partial charge in [0.1, 0.15) is 0 Å². The Hall–Kier alpha value is -0.0800. The first-order valence-electron chi connectivity index (χ1n) is 7.06. The number of nitrogens with one attached hydrogen (secondary N) is 1. The highest BCUT2D eigenvalue weighted by molar-refractivity contribution is 4.76. The monoisotopic (exact) mass is 227 g/mol. The maximum atomic E-state index is 5.91. The van der Waals surface area contributed by atoms with Crippen LogP contribution < -0.4 is 5.32 Å². The Balaban J connectivity index is 2.23. The first kappa shape index (κ1) is 14.0. The van der Waals surface area contributed by atoms with E-state index in [1.54, 1.807) is 0 Å². The van der Waals surface area contributed by atoms with Gasteiger partial charge in [-0.1, -0.05) is 33.6 Å². The second-order valence-corrected chi connectivity index (χ2v) is 5.51. The van der Waals surface area contributed by atoms with Crippen LogP contribution in [0, 0.1) is 11.8 Å². The smallest absolute Gasteiger partial charge is 0.0615 e. The van der Waals surface area contributed by atoms with Crippen molar-refractivity contribution in [3.8, 4) is 0 Å². The molecule has 0 bridgehead atoms. The van der Waals surface area contributed by atoms with Crippen LogP contribution in [-0.4, -0.2) is 25.8 Å². The molecule has 2 nitrogen and oxygen atoms in total. The molecule has 1 aliphatic heterocycles. The Morgan fingerprint density at radius 2 is 2.19 bits per heavy atom. The zero-order chi connectivity index (χ0) is 11.8. The Bertz CT molecular complexity index is 170. The number of ether oxygens (including phenoxy) is 1. The van der Waals surface area contributed by atoms with Crippen molar-refractivity contribution in [3.05, 3.63) is 0 Å². The average Bonchev–Trinajstić information content (AvgIpc) is 2.27. The third kappa shape index (κ3) is 5.31. The van der Waals surface area contributed by atoms with E-state index in [1.807, 2.05) is 0 Å². The summed E-state index contributed by atoms with van der Waals surface area (Å²) >= 11 is 0. The van der Waals surface area contributed by atoms with Gasteiger partial charge in [0, 0.05) is 13.2 Å². The lowest BCUT2D eigenvalue weighted by Gasteiger charge is -2.32. The number of unbranched alkanes of at least 4 members (excludes halogenated alkanes) is 1. The molecule has 96 valence electrons. The second kappa shape index (κ2) is 8.08. The molecule has 0 aromatic carbocycles. The predicted molar refractivity (Wildman–Crippen MR) is 69.7 cm³/mol. The van der Waals surface area contributed by atoms with Crippen molar-refractivity contribution >= 4 is 0 Å². The summed E-state index contributed by atoms with van der Waals surface area (Å²) in [5.41, 5.74) is 0. The van der Waals surface area contributed by atoms with Crippen molar-refractivity contribution in [2.45, 2.75) is 59.0 Å². The zero-order valence-electron chi connectivity index (χ0n) is 11.3. The molecule has 1 N–H and O–H groups in total. The molecule has 0 aromatic heterocycles. The summed E-state index contributed by atoms with van der Waals surface area (Å²) in [6.07, 6.45) is 6.96. The van der Waals surface area contributed by atoms with Gasteiger partial charge in [-0.2, -0.15) is 0 Å². The summed E-state index contributed by atoms with van der Waals surface area (Å²) in [4.78, 5) is 0. The largest absolute Gasteiger partial charge is 0.378 e. The van der Waals surface area contributed by atoms with Crippen molar-refractivity contribution in [1.82, 2.24) is 5.32 Å². The fourth-order valence-corrected chi connectivity index (χ4v) is 2.42. The third-order valence-electron chi connectivity index (χ3n) is 3.38. The summed E-state index contributed by atoms with van der Waals surface area (Å²) in [5, 5.41) is 3.58. The molecular weight excluding hydrogens is 198 g/mol. The summed E-state index contributed by atoms with van der Waals surface area (Å²) in [7, 11) is 0. The first-order chi connectivity index (χ1) is 7.74. The molecule has 0 spiro atoms. The highest BCUT2D eigenvalue weighted by atomic mass is 16.5.